The maximum absolute atomic E-state index is 5.22. The van der Waals surface area contributed by atoms with Crippen molar-refractivity contribution in [2.75, 3.05) is 7.11 Å². The van der Waals surface area contributed by atoms with E-state index in [1.165, 1.54) is 10.8 Å². The first-order valence-electron chi connectivity index (χ1n) is 5.86. The predicted molar refractivity (Wildman–Crippen MR) is 72.8 cm³/mol. The van der Waals surface area contributed by atoms with Crippen LogP contribution in [0.5, 0.6) is 5.75 Å². The van der Waals surface area contributed by atoms with Gasteiger partial charge in [0.25, 0.3) is 0 Å². The smallest absolute Gasteiger partial charge is 0.119 e. The third kappa shape index (κ3) is 1.84. The molecule has 0 unspecified atom stereocenters. The van der Waals surface area contributed by atoms with E-state index in [1.54, 1.807) is 7.11 Å². The van der Waals surface area contributed by atoms with Crippen molar-refractivity contribution in [1.82, 2.24) is 9.97 Å². The second kappa shape index (κ2) is 4.18. The molecule has 0 saturated heterocycles. The third-order valence-electron chi connectivity index (χ3n) is 3.06. The average molecular weight is 238 g/mol. The molecule has 0 radical (unpaired) electrons. The van der Waals surface area contributed by atoms with Crippen LogP contribution in [0.3, 0.4) is 0 Å². The van der Waals surface area contributed by atoms with Crippen LogP contribution >= 0.6 is 0 Å². The summed E-state index contributed by atoms with van der Waals surface area (Å²) in [6.45, 7) is 1.95. The molecule has 1 heterocycles. The Morgan fingerprint density at radius 2 is 1.83 bits per heavy atom. The predicted octanol–water partition coefficient (Wildman–Crippen LogP) is 3.55. The average Bonchev–Trinajstić information content (AvgIpc) is 2.84. The first-order valence-corrected chi connectivity index (χ1v) is 5.86. The lowest BCUT2D eigenvalue weighted by Crippen LogP contribution is -1.83. The third-order valence-corrected chi connectivity index (χ3v) is 3.06. The number of ether oxygens (including phenoxy) is 1. The van der Waals surface area contributed by atoms with Crippen LogP contribution < -0.4 is 4.74 Å². The lowest BCUT2D eigenvalue weighted by Gasteiger charge is -2.04. The van der Waals surface area contributed by atoms with Crippen molar-refractivity contribution < 1.29 is 4.74 Å². The standard InChI is InChI=1S/C15H14N2O/c1-10-16-9-15(17-10)13-4-3-12-8-14(18-2)6-5-11(12)7-13/h3-9H,1-2H3,(H,16,17). The number of benzene rings is 2. The molecule has 0 aliphatic carbocycles. The zero-order chi connectivity index (χ0) is 12.5. The first-order chi connectivity index (χ1) is 8.76. The highest BCUT2D eigenvalue weighted by Gasteiger charge is 2.03. The van der Waals surface area contributed by atoms with Crippen LogP contribution in [0, 0.1) is 6.92 Å². The van der Waals surface area contributed by atoms with Crippen molar-refractivity contribution in [3.8, 4) is 17.0 Å². The fourth-order valence-corrected chi connectivity index (χ4v) is 2.09. The van der Waals surface area contributed by atoms with Gasteiger partial charge in [0.1, 0.15) is 11.6 Å². The summed E-state index contributed by atoms with van der Waals surface area (Å²) in [6, 6.07) is 12.4. The molecular weight excluding hydrogens is 224 g/mol. The van der Waals surface area contributed by atoms with Gasteiger partial charge in [-0.25, -0.2) is 4.98 Å². The first kappa shape index (κ1) is 10.8. The molecule has 2 aromatic carbocycles. The van der Waals surface area contributed by atoms with Crippen molar-refractivity contribution in [1.29, 1.82) is 0 Å². The van der Waals surface area contributed by atoms with Gasteiger partial charge >= 0.3 is 0 Å². The number of aromatic amines is 1. The van der Waals surface area contributed by atoms with Gasteiger partial charge in [0.15, 0.2) is 0 Å². The Kier molecular flexibility index (Phi) is 2.52. The highest BCUT2D eigenvalue weighted by Crippen LogP contribution is 2.26. The second-order valence-corrected chi connectivity index (χ2v) is 4.31. The molecule has 0 atom stereocenters. The number of imidazole rings is 1. The Morgan fingerprint density at radius 1 is 1.06 bits per heavy atom. The minimum absolute atomic E-state index is 0.882. The number of hydrogen-bond acceptors (Lipinski definition) is 2. The van der Waals surface area contributed by atoms with Gasteiger partial charge in [-0.1, -0.05) is 18.2 Å². The maximum atomic E-state index is 5.22. The summed E-state index contributed by atoms with van der Waals surface area (Å²) in [5, 5.41) is 2.37. The molecule has 3 nitrogen and oxygen atoms in total. The molecule has 0 amide bonds. The van der Waals surface area contributed by atoms with Crippen molar-refractivity contribution >= 4 is 10.8 Å². The van der Waals surface area contributed by atoms with Crippen LogP contribution in [0.15, 0.2) is 42.6 Å². The molecule has 0 saturated carbocycles. The van der Waals surface area contributed by atoms with E-state index in [0.29, 0.717) is 0 Å². The summed E-state index contributed by atoms with van der Waals surface area (Å²) in [4.78, 5) is 7.47. The van der Waals surface area contributed by atoms with Crippen LogP contribution in [0.4, 0.5) is 0 Å². The second-order valence-electron chi connectivity index (χ2n) is 4.31. The fraction of sp³-hybridized carbons (Fsp3) is 0.133. The number of hydrogen-bond donors (Lipinski definition) is 1. The van der Waals surface area contributed by atoms with Gasteiger partial charge < -0.3 is 9.72 Å². The topological polar surface area (TPSA) is 37.9 Å². The Bertz CT molecular complexity index is 701. The van der Waals surface area contributed by atoms with E-state index >= 15 is 0 Å². The van der Waals surface area contributed by atoms with E-state index in [2.05, 4.69) is 34.2 Å². The Balaban J connectivity index is 2.11. The van der Waals surface area contributed by atoms with Crippen LogP contribution in [0.2, 0.25) is 0 Å². The van der Waals surface area contributed by atoms with E-state index in [-0.39, 0.29) is 0 Å². The highest BCUT2D eigenvalue weighted by atomic mass is 16.5. The summed E-state index contributed by atoms with van der Waals surface area (Å²) in [5.74, 6) is 1.81. The minimum Gasteiger partial charge on any atom is -0.497 e. The quantitative estimate of drug-likeness (QED) is 0.741. The van der Waals surface area contributed by atoms with Gasteiger partial charge in [-0.3, -0.25) is 0 Å². The van der Waals surface area contributed by atoms with Gasteiger partial charge in [-0.05, 0) is 35.9 Å². The normalized spacial score (nSPS) is 10.8. The molecule has 3 aromatic rings. The Hall–Kier alpha value is -2.29. The Labute approximate surface area is 105 Å². The van der Waals surface area contributed by atoms with Gasteiger partial charge in [0, 0.05) is 5.56 Å². The van der Waals surface area contributed by atoms with Gasteiger partial charge in [-0.15, -0.1) is 0 Å². The molecule has 0 aliphatic heterocycles. The summed E-state index contributed by atoms with van der Waals surface area (Å²) in [7, 11) is 1.68. The number of rotatable bonds is 2. The van der Waals surface area contributed by atoms with Crippen molar-refractivity contribution in [3.63, 3.8) is 0 Å². The Morgan fingerprint density at radius 3 is 2.56 bits per heavy atom. The summed E-state index contributed by atoms with van der Waals surface area (Å²) in [6.07, 6.45) is 1.86. The number of methoxy groups -OCH3 is 1. The zero-order valence-corrected chi connectivity index (χ0v) is 10.4. The summed E-state index contributed by atoms with van der Waals surface area (Å²) in [5.41, 5.74) is 2.19. The number of nitrogens with one attached hydrogen (secondary N) is 1. The SMILES string of the molecule is COc1ccc2cc(-c3cnc(C)[nH]3)ccc2c1. The molecule has 0 bridgehead atoms. The molecule has 1 aromatic heterocycles. The van der Waals surface area contributed by atoms with Gasteiger partial charge in [-0.2, -0.15) is 0 Å². The van der Waals surface area contributed by atoms with E-state index in [1.807, 2.05) is 25.3 Å². The summed E-state index contributed by atoms with van der Waals surface area (Å²) >= 11 is 0. The van der Waals surface area contributed by atoms with Crippen molar-refractivity contribution in [3.05, 3.63) is 48.4 Å². The van der Waals surface area contributed by atoms with Crippen LogP contribution in [-0.4, -0.2) is 17.1 Å². The molecule has 90 valence electrons. The zero-order valence-electron chi connectivity index (χ0n) is 10.4. The van der Waals surface area contributed by atoms with E-state index < -0.39 is 0 Å². The van der Waals surface area contributed by atoms with E-state index in [4.69, 9.17) is 4.74 Å². The highest BCUT2D eigenvalue weighted by molar-refractivity contribution is 5.87. The van der Waals surface area contributed by atoms with Crippen molar-refractivity contribution in [2.45, 2.75) is 6.92 Å². The fourth-order valence-electron chi connectivity index (χ4n) is 2.09. The van der Waals surface area contributed by atoms with Crippen molar-refractivity contribution in [2.24, 2.45) is 0 Å². The lowest BCUT2D eigenvalue weighted by molar-refractivity contribution is 0.415. The van der Waals surface area contributed by atoms with Gasteiger partial charge in [0.2, 0.25) is 0 Å². The van der Waals surface area contributed by atoms with Crippen LogP contribution in [0.1, 0.15) is 5.82 Å². The monoisotopic (exact) mass is 238 g/mol. The molecular formula is C15H14N2O. The lowest BCUT2D eigenvalue weighted by atomic mass is 10.1. The number of aryl methyl sites for hydroxylation is 1. The number of aromatic nitrogens is 2. The molecule has 3 heteroatoms. The molecule has 1 N–H and O–H groups in total. The number of nitrogens with zero attached hydrogens (tertiary/aromatic N) is 1. The minimum atomic E-state index is 0.882. The van der Waals surface area contributed by atoms with E-state index in [0.717, 1.165) is 22.8 Å². The number of fused-ring (bicyclic) bond motifs is 1. The van der Waals surface area contributed by atoms with Crippen LogP contribution in [-0.2, 0) is 0 Å². The maximum Gasteiger partial charge on any atom is 0.119 e. The molecule has 0 aliphatic rings. The molecule has 0 spiro atoms. The van der Waals surface area contributed by atoms with Crippen LogP contribution in [0.25, 0.3) is 22.0 Å². The number of H-pyrrole nitrogens is 1. The molecule has 0 fully saturated rings. The van der Waals surface area contributed by atoms with Gasteiger partial charge in [0.05, 0.1) is 19.0 Å². The summed E-state index contributed by atoms with van der Waals surface area (Å²) < 4.78 is 5.22. The molecule has 18 heavy (non-hydrogen) atoms. The van der Waals surface area contributed by atoms with E-state index in [9.17, 15) is 0 Å². The largest absolute Gasteiger partial charge is 0.497 e. The molecule has 3 rings (SSSR count).